The number of benzene rings is 1. The van der Waals surface area contributed by atoms with Crippen LogP contribution in [0.1, 0.15) is 37.5 Å². The predicted molar refractivity (Wildman–Crippen MR) is 82.9 cm³/mol. The van der Waals surface area contributed by atoms with Gasteiger partial charge < -0.3 is 4.74 Å². The van der Waals surface area contributed by atoms with E-state index in [1.54, 1.807) is 12.4 Å². The van der Waals surface area contributed by atoms with E-state index in [-0.39, 0.29) is 18.0 Å². The van der Waals surface area contributed by atoms with Gasteiger partial charge in [0, 0.05) is 18.0 Å². The lowest BCUT2D eigenvalue weighted by atomic mass is 9.86. The molecule has 2 rings (SSSR count). The largest absolute Gasteiger partial charge is 0.460 e. The SMILES string of the molecule is CC(C)(C)c1ccc(CC(=O)OCc2cccnc2)cc1. The van der Waals surface area contributed by atoms with Crippen LogP contribution in [0.25, 0.3) is 0 Å². The molecule has 0 atom stereocenters. The van der Waals surface area contributed by atoms with Gasteiger partial charge in [0.15, 0.2) is 0 Å². The molecule has 21 heavy (non-hydrogen) atoms. The second-order valence-corrected chi connectivity index (χ2v) is 6.15. The number of carbonyl (C=O) groups excluding carboxylic acids is 1. The van der Waals surface area contributed by atoms with E-state index in [0.717, 1.165) is 11.1 Å². The Kier molecular flexibility index (Phi) is 4.73. The Morgan fingerprint density at radius 1 is 1.10 bits per heavy atom. The summed E-state index contributed by atoms with van der Waals surface area (Å²) in [6, 6.07) is 11.8. The second-order valence-electron chi connectivity index (χ2n) is 6.15. The Bertz CT molecular complexity index is 583. The zero-order chi connectivity index (χ0) is 15.3. The van der Waals surface area contributed by atoms with Gasteiger partial charge in [0.1, 0.15) is 6.61 Å². The fourth-order valence-electron chi connectivity index (χ4n) is 1.99. The van der Waals surface area contributed by atoms with Crippen molar-refractivity contribution in [3.05, 3.63) is 65.5 Å². The van der Waals surface area contributed by atoms with Gasteiger partial charge in [0.2, 0.25) is 0 Å². The lowest BCUT2D eigenvalue weighted by Crippen LogP contribution is -2.12. The van der Waals surface area contributed by atoms with Gasteiger partial charge in [-0.05, 0) is 22.6 Å². The van der Waals surface area contributed by atoms with Crippen molar-refractivity contribution in [2.45, 2.75) is 39.2 Å². The van der Waals surface area contributed by atoms with Crippen molar-refractivity contribution in [1.29, 1.82) is 0 Å². The van der Waals surface area contributed by atoms with Crippen LogP contribution < -0.4 is 0 Å². The van der Waals surface area contributed by atoms with Crippen molar-refractivity contribution in [1.82, 2.24) is 4.98 Å². The first-order valence-electron chi connectivity index (χ1n) is 7.09. The molecule has 0 aliphatic heterocycles. The average molecular weight is 283 g/mol. The molecule has 1 heterocycles. The minimum Gasteiger partial charge on any atom is -0.460 e. The first-order valence-corrected chi connectivity index (χ1v) is 7.09. The van der Waals surface area contributed by atoms with E-state index in [1.165, 1.54) is 5.56 Å². The molecule has 0 fully saturated rings. The molecule has 0 spiro atoms. The molecule has 0 aliphatic carbocycles. The maximum atomic E-state index is 11.8. The van der Waals surface area contributed by atoms with E-state index >= 15 is 0 Å². The van der Waals surface area contributed by atoms with Crippen LogP contribution >= 0.6 is 0 Å². The number of aromatic nitrogens is 1. The third kappa shape index (κ3) is 4.71. The highest BCUT2D eigenvalue weighted by Gasteiger charge is 2.13. The molecule has 0 saturated heterocycles. The summed E-state index contributed by atoms with van der Waals surface area (Å²) in [7, 11) is 0. The molecular weight excluding hydrogens is 262 g/mol. The highest BCUT2D eigenvalue weighted by atomic mass is 16.5. The van der Waals surface area contributed by atoms with Gasteiger partial charge in [-0.3, -0.25) is 9.78 Å². The van der Waals surface area contributed by atoms with Gasteiger partial charge in [-0.1, -0.05) is 51.1 Å². The summed E-state index contributed by atoms with van der Waals surface area (Å²) < 4.78 is 5.25. The van der Waals surface area contributed by atoms with Gasteiger partial charge >= 0.3 is 5.97 Å². The number of pyridine rings is 1. The Hall–Kier alpha value is -2.16. The number of ether oxygens (including phenoxy) is 1. The van der Waals surface area contributed by atoms with Crippen molar-refractivity contribution >= 4 is 5.97 Å². The van der Waals surface area contributed by atoms with Crippen LogP contribution in [0.2, 0.25) is 0 Å². The molecule has 0 saturated carbocycles. The van der Waals surface area contributed by atoms with E-state index in [2.05, 4.69) is 37.9 Å². The zero-order valence-electron chi connectivity index (χ0n) is 12.8. The van der Waals surface area contributed by atoms with Crippen molar-refractivity contribution in [2.24, 2.45) is 0 Å². The summed E-state index contributed by atoms with van der Waals surface area (Å²) in [4.78, 5) is 15.8. The van der Waals surface area contributed by atoms with Crippen molar-refractivity contribution in [2.75, 3.05) is 0 Å². The number of nitrogens with zero attached hydrogens (tertiary/aromatic N) is 1. The van der Waals surface area contributed by atoms with E-state index in [9.17, 15) is 4.79 Å². The van der Waals surface area contributed by atoms with Crippen molar-refractivity contribution in [3.63, 3.8) is 0 Å². The first kappa shape index (κ1) is 15.2. The molecule has 3 heteroatoms. The fraction of sp³-hybridized carbons (Fsp3) is 0.333. The molecule has 2 aromatic rings. The van der Waals surface area contributed by atoms with Crippen molar-refractivity contribution < 1.29 is 9.53 Å². The Balaban J connectivity index is 1.88. The molecule has 3 nitrogen and oxygen atoms in total. The lowest BCUT2D eigenvalue weighted by molar-refractivity contribution is -0.144. The molecule has 1 aromatic heterocycles. The lowest BCUT2D eigenvalue weighted by Gasteiger charge is -2.19. The summed E-state index contributed by atoms with van der Waals surface area (Å²) in [5.74, 6) is -0.220. The van der Waals surface area contributed by atoms with Gasteiger partial charge in [0.25, 0.3) is 0 Å². The summed E-state index contributed by atoms with van der Waals surface area (Å²) in [5, 5.41) is 0. The monoisotopic (exact) mass is 283 g/mol. The normalized spacial score (nSPS) is 11.2. The zero-order valence-corrected chi connectivity index (χ0v) is 12.8. The molecule has 110 valence electrons. The second kappa shape index (κ2) is 6.53. The van der Waals surface area contributed by atoms with Gasteiger partial charge in [0.05, 0.1) is 6.42 Å². The number of hydrogen-bond acceptors (Lipinski definition) is 3. The summed E-state index contributed by atoms with van der Waals surface area (Å²) in [5.41, 5.74) is 3.25. The summed E-state index contributed by atoms with van der Waals surface area (Å²) in [6.07, 6.45) is 3.69. The summed E-state index contributed by atoms with van der Waals surface area (Å²) in [6.45, 7) is 6.78. The number of esters is 1. The molecule has 0 unspecified atom stereocenters. The van der Waals surface area contributed by atoms with Gasteiger partial charge in [-0.15, -0.1) is 0 Å². The van der Waals surface area contributed by atoms with Gasteiger partial charge in [-0.25, -0.2) is 0 Å². The predicted octanol–water partition coefficient (Wildman–Crippen LogP) is 3.67. The quantitative estimate of drug-likeness (QED) is 0.804. The average Bonchev–Trinajstić information content (AvgIpc) is 2.46. The third-order valence-corrected chi connectivity index (χ3v) is 3.29. The van der Waals surface area contributed by atoms with Crippen LogP contribution in [0.5, 0.6) is 0 Å². The van der Waals surface area contributed by atoms with Crippen LogP contribution in [0, 0.1) is 0 Å². The topological polar surface area (TPSA) is 39.2 Å². The number of hydrogen-bond donors (Lipinski definition) is 0. The molecular formula is C18H21NO2. The fourth-order valence-corrected chi connectivity index (χ4v) is 1.99. The molecule has 1 aromatic carbocycles. The van der Waals surface area contributed by atoms with E-state index in [4.69, 9.17) is 4.74 Å². The maximum absolute atomic E-state index is 11.8. The standard InChI is InChI=1S/C18H21NO2/c1-18(2,3)16-8-6-14(7-9-16)11-17(20)21-13-15-5-4-10-19-12-15/h4-10,12H,11,13H2,1-3H3. The number of carbonyl (C=O) groups is 1. The molecule has 0 N–H and O–H groups in total. The van der Waals surface area contributed by atoms with Crippen LogP contribution in [0.4, 0.5) is 0 Å². The first-order chi connectivity index (χ1) is 9.95. The Labute approximate surface area is 126 Å². The highest BCUT2D eigenvalue weighted by molar-refractivity contribution is 5.72. The van der Waals surface area contributed by atoms with E-state index in [1.807, 2.05) is 24.3 Å². The Morgan fingerprint density at radius 3 is 2.38 bits per heavy atom. The smallest absolute Gasteiger partial charge is 0.310 e. The minimum atomic E-state index is -0.220. The highest BCUT2D eigenvalue weighted by Crippen LogP contribution is 2.22. The van der Waals surface area contributed by atoms with Gasteiger partial charge in [-0.2, -0.15) is 0 Å². The molecule has 0 radical (unpaired) electrons. The maximum Gasteiger partial charge on any atom is 0.310 e. The van der Waals surface area contributed by atoms with Crippen LogP contribution in [0.15, 0.2) is 48.8 Å². The molecule has 0 amide bonds. The molecule has 0 bridgehead atoms. The number of rotatable bonds is 4. The van der Waals surface area contributed by atoms with E-state index in [0.29, 0.717) is 6.42 Å². The van der Waals surface area contributed by atoms with Crippen LogP contribution in [0.3, 0.4) is 0 Å². The van der Waals surface area contributed by atoms with Crippen LogP contribution in [-0.4, -0.2) is 11.0 Å². The Morgan fingerprint density at radius 2 is 1.81 bits per heavy atom. The minimum absolute atomic E-state index is 0.124. The van der Waals surface area contributed by atoms with Crippen molar-refractivity contribution in [3.8, 4) is 0 Å². The van der Waals surface area contributed by atoms with Crippen LogP contribution in [-0.2, 0) is 28.0 Å². The summed E-state index contributed by atoms with van der Waals surface area (Å²) >= 11 is 0. The molecule has 0 aliphatic rings. The van der Waals surface area contributed by atoms with E-state index < -0.39 is 0 Å². The third-order valence-electron chi connectivity index (χ3n) is 3.29.